The van der Waals surface area contributed by atoms with Crippen molar-refractivity contribution in [1.82, 2.24) is 19.4 Å². The Kier molecular flexibility index (Phi) is 4.40. The van der Waals surface area contributed by atoms with Crippen LogP contribution < -0.4 is 0 Å². The predicted molar refractivity (Wildman–Crippen MR) is 105 cm³/mol. The van der Waals surface area contributed by atoms with Gasteiger partial charge in [0, 0.05) is 30.3 Å². The van der Waals surface area contributed by atoms with Crippen LogP contribution in [-0.4, -0.2) is 37.6 Å². The molecule has 2 aliphatic heterocycles. The van der Waals surface area contributed by atoms with Crippen molar-refractivity contribution >= 4 is 11.2 Å². The van der Waals surface area contributed by atoms with E-state index in [1.54, 1.807) is 18.3 Å². The van der Waals surface area contributed by atoms with E-state index in [-0.39, 0.29) is 5.82 Å². The van der Waals surface area contributed by atoms with Crippen LogP contribution in [0.15, 0.2) is 30.5 Å². The molecule has 146 valence electrons. The van der Waals surface area contributed by atoms with E-state index in [2.05, 4.69) is 9.47 Å². The average Bonchev–Trinajstić information content (AvgIpc) is 3.01. The van der Waals surface area contributed by atoms with Crippen molar-refractivity contribution in [3.63, 3.8) is 0 Å². The number of hydrogen-bond acceptors (Lipinski definition) is 4. The molecule has 6 heteroatoms. The summed E-state index contributed by atoms with van der Waals surface area (Å²) < 4.78 is 15.4. The lowest BCUT2D eigenvalue weighted by Gasteiger charge is -2.39. The van der Waals surface area contributed by atoms with E-state index in [1.807, 2.05) is 6.92 Å². The third-order valence-corrected chi connectivity index (χ3v) is 6.21. The molecule has 28 heavy (non-hydrogen) atoms. The maximum atomic E-state index is 13.2. The molecule has 1 fully saturated rings. The van der Waals surface area contributed by atoms with Crippen molar-refractivity contribution in [3.05, 3.63) is 58.8 Å². The van der Waals surface area contributed by atoms with Gasteiger partial charge in [-0.1, -0.05) is 18.6 Å². The zero-order chi connectivity index (χ0) is 19.3. The molecule has 3 aromatic rings. The summed E-state index contributed by atoms with van der Waals surface area (Å²) in [7, 11) is 0. The summed E-state index contributed by atoms with van der Waals surface area (Å²) in [5.74, 6) is -0.293. The minimum atomic E-state index is -0.715. The van der Waals surface area contributed by atoms with Gasteiger partial charge in [0.25, 0.3) is 0 Å². The zero-order valence-electron chi connectivity index (χ0n) is 16.1. The second kappa shape index (κ2) is 6.94. The van der Waals surface area contributed by atoms with Crippen LogP contribution in [0.5, 0.6) is 0 Å². The van der Waals surface area contributed by atoms with Gasteiger partial charge in [0.15, 0.2) is 5.65 Å². The highest BCUT2D eigenvalue weighted by atomic mass is 19.1. The molecule has 0 spiro atoms. The van der Waals surface area contributed by atoms with Gasteiger partial charge in [-0.15, -0.1) is 0 Å². The van der Waals surface area contributed by atoms with E-state index < -0.39 is 6.10 Å². The Morgan fingerprint density at radius 3 is 2.86 bits per heavy atom. The Morgan fingerprint density at radius 1 is 1.21 bits per heavy atom. The summed E-state index contributed by atoms with van der Waals surface area (Å²) in [5.41, 5.74) is 6.03. The molecule has 2 unspecified atom stereocenters. The van der Waals surface area contributed by atoms with Crippen LogP contribution in [0.3, 0.4) is 0 Å². The van der Waals surface area contributed by atoms with Crippen LogP contribution in [0.1, 0.15) is 53.9 Å². The monoisotopic (exact) mass is 380 g/mol. The number of aliphatic hydroxyl groups is 1. The van der Waals surface area contributed by atoms with Crippen LogP contribution in [0.4, 0.5) is 4.39 Å². The molecule has 0 amide bonds. The van der Waals surface area contributed by atoms with Gasteiger partial charge in [-0.25, -0.2) is 14.4 Å². The second-order valence-corrected chi connectivity index (χ2v) is 8.02. The fourth-order valence-corrected chi connectivity index (χ4v) is 4.87. The van der Waals surface area contributed by atoms with Crippen LogP contribution in [0.25, 0.3) is 11.2 Å². The molecule has 2 atom stereocenters. The minimum Gasteiger partial charge on any atom is -0.387 e. The lowest BCUT2D eigenvalue weighted by molar-refractivity contribution is 0.133. The summed E-state index contributed by atoms with van der Waals surface area (Å²) >= 11 is 0. The van der Waals surface area contributed by atoms with Crippen LogP contribution >= 0.6 is 0 Å². The van der Waals surface area contributed by atoms with Crippen molar-refractivity contribution in [2.75, 3.05) is 13.1 Å². The molecular formula is C22H25FN4O. The summed E-state index contributed by atoms with van der Waals surface area (Å²) in [6, 6.07) is 6.49. The quantitative estimate of drug-likeness (QED) is 0.753. The zero-order valence-corrected chi connectivity index (χ0v) is 16.1. The molecule has 2 aromatic heterocycles. The second-order valence-electron chi connectivity index (χ2n) is 8.02. The number of hydrogen-bond donors (Lipinski definition) is 1. The van der Waals surface area contributed by atoms with Gasteiger partial charge in [0.05, 0.1) is 24.5 Å². The number of nitrogens with zero attached hydrogens (tertiary/aromatic N) is 4. The first-order valence-corrected chi connectivity index (χ1v) is 10.1. The number of rotatable bonds is 3. The summed E-state index contributed by atoms with van der Waals surface area (Å²) in [6.07, 6.45) is 5.69. The number of aliphatic hydroxyl groups excluding tert-OH is 1. The number of aryl methyl sites for hydroxylation is 1. The van der Waals surface area contributed by atoms with Gasteiger partial charge in [0.1, 0.15) is 11.3 Å². The van der Waals surface area contributed by atoms with E-state index in [0.717, 1.165) is 42.8 Å². The Labute approximate surface area is 163 Å². The number of benzene rings is 1. The van der Waals surface area contributed by atoms with Crippen molar-refractivity contribution in [2.24, 2.45) is 0 Å². The van der Waals surface area contributed by atoms with Crippen molar-refractivity contribution in [3.8, 4) is 0 Å². The number of halogens is 1. The summed E-state index contributed by atoms with van der Waals surface area (Å²) in [6.45, 7) is 4.57. The van der Waals surface area contributed by atoms with E-state index >= 15 is 0 Å². The number of fused-ring (bicyclic) bond motifs is 5. The molecule has 1 aromatic carbocycles. The first kappa shape index (κ1) is 17.8. The smallest absolute Gasteiger partial charge is 0.159 e. The van der Waals surface area contributed by atoms with Crippen molar-refractivity contribution < 1.29 is 9.50 Å². The molecule has 1 saturated heterocycles. The highest BCUT2D eigenvalue weighted by Gasteiger charge is 2.35. The molecule has 0 aliphatic carbocycles. The Balaban J connectivity index is 1.60. The normalized spacial score (nSPS) is 20.8. The maximum Gasteiger partial charge on any atom is 0.159 e. The van der Waals surface area contributed by atoms with Gasteiger partial charge in [-0.3, -0.25) is 4.90 Å². The molecule has 1 N–H and O–H groups in total. The van der Waals surface area contributed by atoms with Gasteiger partial charge < -0.3 is 9.67 Å². The molecule has 5 nitrogen and oxygen atoms in total. The van der Waals surface area contributed by atoms with E-state index in [1.165, 1.54) is 36.2 Å². The Hall–Kier alpha value is -2.31. The molecule has 0 radical (unpaired) electrons. The van der Waals surface area contributed by atoms with Crippen molar-refractivity contribution in [2.45, 2.75) is 51.3 Å². The molecule has 0 saturated carbocycles. The number of piperidine rings is 1. The van der Waals surface area contributed by atoms with E-state index in [9.17, 15) is 9.50 Å². The fourth-order valence-electron chi connectivity index (χ4n) is 4.87. The largest absolute Gasteiger partial charge is 0.387 e. The Bertz CT molecular complexity index is 1010. The summed E-state index contributed by atoms with van der Waals surface area (Å²) in [4.78, 5) is 12.1. The lowest BCUT2D eigenvalue weighted by Crippen LogP contribution is -2.39. The lowest BCUT2D eigenvalue weighted by atomic mass is 9.90. The first-order chi connectivity index (χ1) is 13.6. The molecule has 2 aliphatic rings. The average molecular weight is 380 g/mol. The molecule has 5 rings (SSSR count). The highest BCUT2D eigenvalue weighted by molar-refractivity contribution is 5.79. The third kappa shape index (κ3) is 2.91. The van der Waals surface area contributed by atoms with Gasteiger partial charge in [0.2, 0.25) is 0 Å². The predicted octanol–water partition coefficient (Wildman–Crippen LogP) is 3.70. The van der Waals surface area contributed by atoms with Gasteiger partial charge in [-0.05, 0) is 44.0 Å². The third-order valence-electron chi connectivity index (χ3n) is 6.21. The van der Waals surface area contributed by atoms with E-state index in [0.29, 0.717) is 18.2 Å². The van der Waals surface area contributed by atoms with Crippen LogP contribution in [-0.2, 0) is 13.0 Å². The first-order valence-electron chi connectivity index (χ1n) is 10.1. The molecule has 0 bridgehead atoms. The van der Waals surface area contributed by atoms with Crippen molar-refractivity contribution in [1.29, 1.82) is 0 Å². The van der Waals surface area contributed by atoms with Crippen LogP contribution in [0, 0.1) is 12.7 Å². The Morgan fingerprint density at radius 2 is 2.04 bits per heavy atom. The fraction of sp³-hybridized carbons (Fsp3) is 0.455. The summed E-state index contributed by atoms with van der Waals surface area (Å²) in [5, 5.41) is 10.8. The van der Waals surface area contributed by atoms with Gasteiger partial charge in [-0.2, -0.15) is 0 Å². The van der Waals surface area contributed by atoms with Gasteiger partial charge >= 0.3 is 0 Å². The standard InChI is InChI=1S/C22H25FN4O/c1-14-12-24-22-21(25-14)20-17-4-2-3-10-26(17)11-9-18(20)27(22)13-19(28)15-5-7-16(23)8-6-15/h5-8,12,17,19,28H,2-4,9-11,13H2,1H3. The SMILES string of the molecule is Cc1cnc2c(n1)c1c(n2CC(O)c2ccc(F)cc2)CCN2CCCCC12. The molecular weight excluding hydrogens is 355 g/mol. The highest BCUT2D eigenvalue weighted by Crippen LogP contribution is 2.41. The topological polar surface area (TPSA) is 54.2 Å². The molecule has 4 heterocycles. The minimum absolute atomic E-state index is 0.293. The van der Waals surface area contributed by atoms with E-state index in [4.69, 9.17) is 9.97 Å². The maximum absolute atomic E-state index is 13.2. The number of aromatic nitrogens is 3. The van der Waals surface area contributed by atoms with Crippen LogP contribution in [0.2, 0.25) is 0 Å².